The van der Waals surface area contributed by atoms with Gasteiger partial charge in [-0.25, -0.2) is 0 Å². The predicted molar refractivity (Wildman–Crippen MR) is 92.0 cm³/mol. The first-order valence-electron chi connectivity index (χ1n) is 8.20. The molecule has 0 aliphatic carbocycles. The van der Waals surface area contributed by atoms with Gasteiger partial charge in [-0.15, -0.1) is 0 Å². The summed E-state index contributed by atoms with van der Waals surface area (Å²) < 4.78 is 58.2. The first-order valence-corrected chi connectivity index (χ1v) is 11.6. The number of carbonyl (C=O) groups excluding carboxylic acids is 1. The van der Waals surface area contributed by atoms with Gasteiger partial charge in [0, 0.05) is 12.5 Å². The van der Waals surface area contributed by atoms with Gasteiger partial charge in [-0.1, -0.05) is 12.1 Å². The Morgan fingerprint density at radius 3 is 2.15 bits per heavy atom. The van der Waals surface area contributed by atoms with E-state index in [-0.39, 0.29) is 0 Å². The van der Waals surface area contributed by atoms with Crippen LogP contribution in [0, 0.1) is 0 Å². The Kier molecular flexibility index (Phi) is 5.47. The highest BCUT2D eigenvalue weighted by molar-refractivity contribution is 6.69. The molecule has 0 aromatic heterocycles. The molecule has 2 rings (SSSR count). The molecular formula is C17H24F3NO4Si. The average Bonchev–Trinajstić information content (AvgIpc) is 2.79. The molecule has 146 valence electrons. The van der Waals surface area contributed by atoms with Crippen LogP contribution < -0.4 is 4.74 Å². The second-order valence-electron chi connectivity index (χ2n) is 7.23. The van der Waals surface area contributed by atoms with Gasteiger partial charge >= 0.3 is 6.18 Å². The van der Waals surface area contributed by atoms with E-state index in [9.17, 15) is 18.0 Å². The summed E-state index contributed by atoms with van der Waals surface area (Å²) in [6, 6.07) is 5.03. The van der Waals surface area contributed by atoms with Crippen LogP contribution >= 0.6 is 0 Å². The highest BCUT2D eigenvalue weighted by Gasteiger charge is 2.69. The molecule has 0 N–H and O–H groups in total. The van der Waals surface area contributed by atoms with Gasteiger partial charge in [-0.3, -0.25) is 4.79 Å². The average molecular weight is 391 g/mol. The van der Waals surface area contributed by atoms with Crippen molar-refractivity contribution in [3.63, 3.8) is 0 Å². The molecule has 5 nitrogen and oxygen atoms in total. The van der Waals surface area contributed by atoms with E-state index in [1.165, 1.54) is 21.0 Å². The summed E-state index contributed by atoms with van der Waals surface area (Å²) in [6.07, 6.45) is -6.01. The number of hydrogen-bond acceptors (Lipinski definition) is 4. The minimum atomic E-state index is -4.80. The standard InChI is InChI=1S/C17H24F3NO4Si/c1-11-16(17(18,19)20,25-26(4,5)6)24-15(21(11)12(2)22)13-7-9-14(23-3)10-8-13/h7-11,15H,1-6H3/t11-,15-,16?/m0/s1. The number of methoxy groups -OCH3 is 1. The van der Waals surface area contributed by atoms with Crippen LogP contribution in [0.15, 0.2) is 24.3 Å². The van der Waals surface area contributed by atoms with Crippen molar-refractivity contribution < 1.29 is 31.9 Å². The molecule has 1 saturated heterocycles. The van der Waals surface area contributed by atoms with Gasteiger partial charge < -0.3 is 18.8 Å². The van der Waals surface area contributed by atoms with Crippen molar-refractivity contribution in [3.8, 4) is 5.75 Å². The molecule has 0 saturated carbocycles. The fraction of sp³-hybridized carbons (Fsp3) is 0.588. The van der Waals surface area contributed by atoms with E-state index < -0.39 is 38.5 Å². The molecule has 9 heteroatoms. The quantitative estimate of drug-likeness (QED) is 0.726. The van der Waals surface area contributed by atoms with Crippen molar-refractivity contribution in [3.05, 3.63) is 29.8 Å². The minimum Gasteiger partial charge on any atom is -0.497 e. The maximum atomic E-state index is 14.1. The summed E-state index contributed by atoms with van der Waals surface area (Å²) in [6.45, 7) is 7.47. The Labute approximate surface area is 152 Å². The number of halogens is 3. The van der Waals surface area contributed by atoms with Gasteiger partial charge in [-0.05, 0) is 38.7 Å². The number of hydrogen-bond donors (Lipinski definition) is 0. The minimum absolute atomic E-state index is 0.415. The third kappa shape index (κ3) is 3.74. The van der Waals surface area contributed by atoms with Crippen LogP contribution in [0.5, 0.6) is 5.75 Å². The topological polar surface area (TPSA) is 48.0 Å². The summed E-state index contributed by atoms with van der Waals surface area (Å²) in [5.41, 5.74) is 0.415. The van der Waals surface area contributed by atoms with Crippen LogP contribution in [0.2, 0.25) is 19.6 Å². The second-order valence-corrected chi connectivity index (χ2v) is 11.7. The molecule has 1 aliphatic heterocycles. The van der Waals surface area contributed by atoms with Crippen LogP contribution in [-0.2, 0) is 14.0 Å². The van der Waals surface area contributed by atoms with E-state index in [1.807, 2.05) is 0 Å². The summed E-state index contributed by atoms with van der Waals surface area (Å²) in [4.78, 5) is 13.2. The normalized spacial score (nSPS) is 26.9. The fourth-order valence-corrected chi connectivity index (χ4v) is 4.31. The van der Waals surface area contributed by atoms with Crippen molar-refractivity contribution in [2.75, 3.05) is 7.11 Å². The number of benzene rings is 1. The van der Waals surface area contributed by atoms with Gasteiger partial charge in [-0.2, -0.15) is 13.2 Å². The van der Waals surface area contributed by atoms with Crippen molar-refractivity contribution >= 4 is 14.2 Å². The van der Waals surface area contributed by atoms with Gasteiger partial charge in [0.15, 0.2) is 14.5 Å². The first-order chi connectivity index (χ1) is 11.8. The van der Waals surface area contributed by atoms with E-state index >= 15 is 0 Å². The lowest BCUT2D eigenvalue weighted by atomic mass is 10.1. The smallest absolute Gasteiger partial charge is 0.444 e. The van der Waals surface area contributed by atoms with Crippen molar-refractivity contribution in [1.82, 2.24) is 4.90 Å². The zero-order valence-electron chi connectivity index (χ0n) is 15.7. The second kappa shape index (κ2) is 6.86. The molecule has 26 heavy (non-hydrogen) atoms. The lowest BCUT2D eigenvalue weighted by molar-refractivity contribution is -0.352. The van der Waals surface area contributed by atoms with E-state index in [4.69, 9.17) is 13.9 Å². The summed E-state index contributed by atoms with van der Waals surface area (Å²) in [5.74, 6) is -2.84. The van der Waals surface area contributed by atoms with Crippen molar-refractivity contribution in [2.24, 2.45) is 0 Å². The zero-order chi connectivity index (χ0) is 19.9. The fourth-order valence-electron chi connectivity index (χ4n) is 3.07. The number of ether oxygens (including phenoxy) is 2. The molecule has 1 amide bonds. The van der Waals surface area contributed by atoms with Crippen LogP contribution in [-0.4, -0.2) is 44.2 Å². The van der Waals surface area contributed by atoms with E-state index in [0.717, 1.165) is 4.90 Å². The first kappa shape index (κ1) is 20.7. The number of rotatable bonds is 4. The Balaban J connectivity index is 2.54. The number of carbonyl (C=O) groups is 1. The van der Waals surface area contributed by atoms with Gasteiger partial charge in [0.2, 0.25) is 5.91 Å². The lowest BCUT2D eigenvalue weighted by Gasteiger charge is -2.39. The molecule has 1 aliphatic rings. The van der Waals surface area contributed by atoms with Gasteiger partial charge in [0.1, 0.15) is 5.75 Å². The zero-order valence-corrected chi connectivity index (χ0v) is 16.7. The number of alkyl halides is 3. The molecule has 0 radical (unpaired) electrons. The highest BCUT2D eigenvalue weighted by Crippen LogP contribution is 2.51. The molecule has 1 heterocycles. The number of amides is 1. The van der Waals surface area contributed by atoms with E-state index in [2.05, 4.69) is 0 Å². The Hall–Kier alpha value is -1.58. The molecule has 1 aromatic rings. The van der Waals surface area contributed by atoms with Gasteiger partial charge in [0.25, 0.3) is 5.79 Å². The monoisotopic (exact) mass is 391 g/mol. The highest BCUT2D eigenvalue weighted by atomic mass is 28.4. The number of nitrogens with zero attached hydrogens (tertiary/aromatic N) is 1. The Morgan fingerprint density at radius 1 is 1.23 bits per heavy atom. The third-order valence-corrected chi connectivity index (χ3v) is 5.04. The molecule has 0 bridgehead atoms. The van der Waals surface area contributed by atoms with Crippen LogP contribution in [0.4, 0.5) is 13.2 Å². The predicted octanol–water partition coefficient (Wildman–Crippen LogP) is 4.07. The largest absolute Gasteiger partial charge is 0.497 e. The molecule has 1 fully saturated rings. The molecule has 1 aromatic carbocycles. The van der Waals surface area contributed by atoms with Crippen LogP contribution in [0.25, 0.3) is 0 Å². The Morgan fingerprint density at radius 2 is 1.77 bits per heavy atom. The summed E-state index contributed by atoms with van der Waals surface area (Å²) in [5, 5.41) is 0. The van der Waals surface area contributed by atoms with Crippen LogP contribution in [0.1, 0.15) is 25.6 Å². The molecule has 3 atom stereocenters. The molecule has 0 spiro atoms. The molecular weight excluding hydrogens is 367 g/mol. The van der Waals surface area contributed by atoms with E-state index in [1.54, 1.807) is 43.9 Å². The van der Waals surface area contributed by atoms with E-state index in [0.29, 0.717) is 11.3 Å². The van der Waals surface area contributed by atoms with Crippen molar-refractivity contribution in [2.45, 2.75) is 57.7 Å². The Bertz CT molecular complexity index is 659. The van der Waals surface area contributed by atoms with Crippen molar-refractivity contribution in [1.29, 1.82) is 0 Å². The maximum absolute atomic E-state index is 14.1. The SMILES string of the molecule is COc1ccc([C@@H]2OC(O[Si](C)(C)C)(C(F)(F)F)[C@H](C)N2C(C)=O)cc1. The van der Waals surface area contributed by atoms with Crippen LogP contribution in [0.3, 0.4) is 0 Å². The molecule has 1 unspecified atom stereocenters. The third-order valence-electron chi connectivity index (χ3n) is 4.12. The summed E-state index contributed by atoms with van der Waals surface area (Å²) >= 11 is 0. The summed E-state index contributed by atoms with van der Waals surface area (Å²) in [7, 11) is -1.17. The lowest BCUT2D eigenvalue weighted by Crippen LogP contribution is -2.60. The maximum Gasteiger partial charge on any atom is 0.444 e. The van der Waals surface area contributed by atoms with Gasteiger partial charge in [0.05, 0.1) is 13.2 Å².